The van der Waals surface area contributed by atoms with Gasteiger partial charge in [-0.3, -0.25) is 0 Å². The van der Waals surface area contributed by atoms with Gasteiger partial charge in [0.15, 0.2) is 0 Å². The lowest BCUT2D eigenvalue weighted by molar-refractivity contribution is 0.0167. The Labute approximate surface area is 240 Å². The van der Waals surface area contributed by atoms with Crippen LogP contribution < -0.4 is 11.1 Å². The molecule has 2 aliphatic carbocycles. The van der Waals surface area contributed by atoms with Gasteiger partial charge in [-0.2, -0.15) is 0 Å². The van der Waals surface area contributed by atoms with E-state index in [1.54, 1.807) is 6.92 Å². The number of hydrogen-bond donors (Lipinski definition) is 3. The van der Waals surface area contributed by atoms with Crippen molar-refractivity contribution >= 4 is 12.2 Å². The van der Waals surface area contributed by atoms with Gasteiger partial charge in [-0.1, -0.05) is 30.3 Å². The first-order valence-corrected chi connectivity index (χ1v) is 14.8. The number of rotatable bonds is 3. The molecule has 9 nitrogen and oxygen atoms in total. The molecule has 2 aliphatic heterocycles. The number of ether oxygens (including phenoxy) is 2. The Hall–Kier alpha value is -2.36. The third-order valence-electron chi connectivity index (χ3n) is 7.81. The van der Waals surface area contributed by atoms with Crippen molar-refractivity contribution in [1.82, 2.24) is 15.1 Å². The molecule has 4 aliphatic rings. The van der Waals surface area contributed by atoms with E-state index < -0.39 is 11.2 Å². The van der Waals surface area contributed by atoms with Crippen LogP contribution >= 0.6 is 0 Å². The van der Waals surface area contributed by atoms with E-state index in [4.69, 9.17) is 20.3 Å². The molecule has 2 amide bonds. The van der Waals surface area contributed by atoms with Gasteiger partial charge < -0.3 is 35.4 Å². The van der Waals surface area contributed by atoms with E-state index >= 15 is 0 Å². The second-order valence-corrected chi connectivity index (χ2v) is 13.5. The quantitative estimate of drug-likeness (QED) is 0.498. The summed E-state index contributed by atoms with van der Waals surface area (Å²) >= 11 is 0. The van der Waals surface area contributed by atoms with Gasteiger partial charge in [0, 0.05) is 50.4 Å². The zero-order valence-corrected chi connectivity index (χ0v) is 25.6. The maximum atomic E-state index is 12.2. The van der Waals surface area contributed by atoms with Gasteiger partial charge in [-0.15, -0.1) is 0 Å². The summed E-state index contributed by atoms with van der Waals surface area (Å²) < 4.78 is 10.9. The van der Waals surface area contributed by atoms with Crippen molar-refractivity contribution in [3.63, 3.8) is 0 Å². The van der Waals surface area contributed by atoms with E-state index in [0.29, 0.717) is 30.0 Å². The molecule has 0 unspecified atom stereocenters. The van der Waals surface area contributed by atoms with Gasteiger partial charge in [0.05, 0.1) is 0 Å². The lowest BCUT2D eigenvalue weighted by Crippen LogP contribution is -2.47. The van der Waals surface area contributed by atoms with Crippen molar-refractivity contribution in [3.8, 4) is 0 Å². The average molecular weight is 561 g/mol. The molecule has 0 spiro atoms. The lowest BCUT2D eigenvalue weighted by atomic mass is 10.0. The summed E-state index contributed by atoms with van der Waals surface area (Å²) in [5.41, 5.74) is 6.43. The van der Waals surface area contributed by atoms with Crippen molar-refractivity contribution in [1.29, 1.82) is 0 Å². The predicted molar refractivity (Wildman–Crippen MR) is 157 cm³/mol. The lowest BCUT2D eigenvalue weighted by Gasteiger charge is -2.33. The number of aliphatic hydroxyl groups is 1. The normalized spacial score (nSPS) is 28.4. The summed E-state index contributed by atoms with van der Waals surface area (Å²) in [5, 5.41) is 11.2. The molecule has 0 aromatic heterocycles. The van der Waals surface area contributed by atoms with Gasteiger partial charge in [-0.05, 0) is 91.5 Å². The van der Waals surface area contributed by atoms with Crippen LogP contribution in [0.2, 0.25) is 0 Å². The smallest absolute Gasteiger partial charge is 0.410 e. The molecule has 6 atom stereocenters. The van der Waals surface area contributed by atoms with Gasteiger partial charge in [0.25, 0.3) is 0 Å². The first kappa shape index (κ1) is 32.2. The molecule has 4 fully saturated rings. The third kappa shape index (κ3) is 9.08. The highest BCUT2D eigenvalue weighted by Gasteiger charge is 2.48. The number of likely N-dealkylation sites (tertiary alicyclic amines) is 2. The second kappa shape index (κ2) is 13.5. The highest BCUT2D eigenvalue weighted by molar-refractivity contribution is 5.69. The number of piperidine rings is 2. The van der Waals surface area contributed by atoms with E-state index in [9.17, 15) is 9.59 Å². The van der Waals surface area contributed by atoms with Crippen LogP contribution in [-0.2, 0) is 16.0 Å². The maximum absolute atomic E-state index is 12.2. The summed E-state index contributed by atoms with van der Waals surface area (Å²) in [6.07, 6.45) is 3.80. The van der Waals surface area contributed by atoms with Crippen LogP contribution in [0.15, 0.2) is 30.3 Å². The van der Waals surface area contributed by atoms with E-state index in [1.165, 1.54) is 5.56 Å². The molecule has 2 saturated carbocycles. The van der Waals surface area contributed by atoms with Crippen LogP contribution in [0.5, 0.6) is 0 Å². The number of carbonyl (C=O) groups excluding carboxylic acids is 2. The zero-order valence-electron chi connectivity index (χ0n) is 25.6. The molecule has 5 rings (SSSR count). The Bertz CT molecular complexity index is 959. The van der Waals surface area contributed by atoms with Gasteiger partial charge in [-0.25, -0.2) is 9.59 Å². The second-order valence-electron chi connectivity index (χ2n) is 13.5. The largest absolute Gasteiger partial charge is 0.444 e. The number of amides is 2. The Kier molecular flexibility index (Phi) is 10.9. The summed E-state index contributed by atoms with van der Waals surface area (Å²) in [6, 6.07) is 11.9. The van der Waals surface area contributed by atoms with Gasteiger partial charge >= 0.3 is 12.2 Å². The Morgan fingerprint density at radius 1 is 0.875 bits per heavy atom. The first-order chi connectivity index (χ1) is 18.7. The minimum absolute atomic E-state index is 0.151. The number of hydrogen-bond acceptors (Lipinski definition) is 7. The van der Waals surface area contributed by atoms with E-state index in [2.05, 4.69) is 29.6 Å². The monoisotopic (exact) mass is 560 g/mol. The summed E-state index contributed by atoms with van der Waals surface area (Å²) in [5.74, 6) is 1.05. The maximum Gasteiger partial charge on any atom is 0.410 e. The number of nitrogens with one attached hydrogen (secondary N) is 1. The van der Waals surface area contributed by atoms with Gasteiger partial charge in [0.2, 0.25) is 0 Å². The number of fused-ring (bicyclic) bond motifs is 4. The van der Waals surface area contributed by atoms with Crippen molar-refractivity contribution in [2.45, 2.75) is 116 Å². The predicted octanol–water partition coefficient (Wildman–Crippen LogP) is 4.52. The van der Waals surface area contributed by atoms with Crippen LogP contribution in [0, 0.1) is 11.8 Å². The van der Waals surface area contributed by atoms with Gasteiger partial charge in [0.1, 0.15) is 11.2 Å². The van der Waals surface area contributed by atoms with Crippen LogP contribution in [-0.4, -0.2) is 82.2 Å². The molecule has 1 aromatic rings. The molecule has 9 heteroatoms. The SMILES string of the molecule is CC(C)(C)OC(=O)N1C[C@H]2C[C@@H]1C[C@H]2N.CC(C)(C)OC(=O)N1C[C@H]2C[C@@H]1C[C@H]2NCc1ccccc1.CCO. The number of aliphatic hydroxyl groups excluding tert-OH is 1. The molecule has 4 N–H and O–H groups in total. The fraction of sp³-hybridized carbons (Fsp3) is 0.742. The first-order valence-electron chi connectivity index (χ1n) is 14.8. The molecular weight excluding hydrogens is 508 g/mol. The molecule has 4 bridgehead atoms. The molecule has 2 heterocycles. The summed E-state index contributed by atoms with van der Waals surface area (Å²) in [6.45, 7) is 15.9. The minimum atomic E-state index is -0.413. The molecular formula is C31H52N4O5. The fourth-order valence-electron chi connectivity index (χ4n) is 6.13. The van der Waals surface area contributed by atoms with E-state index in [0.717, 1.165) is 45.3 Å². The van der Waals surface area contributed by atoms with Crippen LogP contribution in [0.4, 0.5) is 9.59 Å². The third-order valence-corrected chi connectivity index (χ3v) is 7.81. The number of nitrogens with two attached hydrogens (primary N) is 1. The average Bonchev–Trinajstić information content (AvgIpc) is 3.62. The summed E-state index contributed by atoms with van der Waals surface area (Å²) in [4.78, 5) is 27.8. The molecule has 0 radical (unpaired) electrons. The highest BCUT2D eigenvalue weighted by atomic mass is 16.6. The highest BCUT2D eigenvalue weighted by Crippen LogP contribution is 2.39. The van der Waals surface area contributed by atoms with Crippen molar-refractivity contribution < 1.29 is 24.2 Å². The van der Waals surface area contributed by atoms with Crippen LogP contribution in [0.3, 0.4) is 0 Å². The standard InChI is InChI=1S/C18H26N2O2.C11H20N2O2.C2H6O/c1-18(2,3)22-17(21)20-12-14-9-15(20)10-16(14)19-11-13-7-5-4-6-8-13;1-11(2,3)15-10(14)13-6-7-4-8(13)5-9(7)12;1-2-3/h4-8,14-16,19H,9-12H2,1-3H3;7-9H,4-6,12H2,1-3H3;3H,2H2,1H3/t14-,15-,16-;7-,8-,9-;/m11./s1. The Morgan fingerprint density at radius 3 is 1.75 bits per heavy atom. The number of carbonyl (C=O) groups is 2. The fourth-order valence-corrected chi connectivity index (χ4v) is 6.13. The topological polar surface area (TPSA) is 117 Å². The van der Waals surface area contributed by atoms with Crippen molar-refractivity contribution in [2.75, 3.05) is 19.7 Å². The number of benzene rings is 1. The Morgan fingerprint density at radius 2 is 1.35 bits per heavy atom. The molecule has 2 saturated heterocycles. The number of nitrogens with zero attached hydrogens (tertiary/aromatic N) is 2. The minimum Gasteiger partial charge on any atom is -0.444 e. The zero-order chi connectivity index (χ0) is 29.7. The van der Waals surface area contributed by atoms with E-state index in [1.807, 2.05) is 57.4 Å². The molecule has 1 aromatic carbocycles. The summed E-state index contributed by atoms with van der Waals surface area (Å²) in [7, 11) is 0. The Balaban J connectivity index is 0.000000213. The molecule has 40 heavy (non-hydrogen) atoms. The van der Waals surface area contributed by atoms with Crippen molar-refractivity contribution in [3.05, 3.63) is 35.9 Å². The van der Waals surface area contributed by atoms with Crippen molar-refractivity contribution in [2.24, 2.45) is 17.6 Å². The van der Waals surface area contributed by atoms with E-state index in [-0.39, 0.29) is 24.8 Å². The van der Waals surface area contributed by atoms with Crippen LogP contribution in [0.1, 0.15) is 79.7 Å². The molecule has 226 valence electrons. The van der Waals surface area contributed by atoms with Crippen LogP contribution in [0.25, 0.3) is 0 Å².